The van der Waals surface area contributed by atoms with Crippen molar-refractivity contribution in [3.8, 4) is 5.75 Å². The van der Waals surface area contributed by atoms with Gasteiger partial charge >= 0.3 is 0 Å². The van der Waals surface area contributed by atoms with Gasteiger partial charge in [0.25, 0.3) is 0 Å². The maximum atomic E-state index is 5.64. The number of ether oxygens (including phenoxy) is 1. The third-order valence-electron chi connectivity index (χ3n) is 2.63. The van der Waals surface area contributed by atoms with Crippen LogP contribution in [-0.4, -0.2) is 16.6 Å². The first-order chi connectivity index (χ1) is 8.20. The lowest BCUT2D eigenvalue weighted by Gasteiger charge is -2.04. The number of thiocarbonyl (C=S) groups is 1. The van der Waals surface area contributed by atoms with Crippen molar-refractivity contribution in [1.29, 1.82) is 0 Å². The first-order valence-electron chi connectivity index (χ1n) is 5.76. The molecule has 0 atom stereocenters. The number of aromatic amines is 1. The molecule has 1 aromatic heterocycles. The number of unbranched alkanes of at least 4 members (excludes halogenated alkanes) is 1. The van der Waals surface area contributed by atoms with E-state index in [-0.39, 0.29) is 0 Å². The summed E-state index contributed by atoms with van der Waals surface area (Å²) >= 11 is 4.94. The van der Waals surface area contributed by atoms with E-state index in [4.69, 9.17) is 22.7 Å². The molecule has 1 aromatic carbocycles. The Kier molecular flexibility index (Phi) is 3.64. The summed E-state index contributed by atoms with van der Waals surface area (Å²) in [5.74, 6) is 0.877. The second-order valence-electron chi connectivity index (χ2n) is 4.00. The fraction of sp³-hybridized carbons (Fsp3) is 0.308. The van der Waals surface area contributed by atoms with Crippen LogP contribution >= 0.6 is 12.2 Å². The van der Waals surface area contributed by atoms with E-state index in [0.29, 0.717) is 4.99 Å². The van der Waals surface area contributed by atoms with Crippen molar-refractivity contribution in [2.75, 3.05) is 6.61 Å². The van der Waals surface area contributed by atoms with Crippen molar-refractivity contribution in [3.05, 3.63) is 30.0 Å². The fourth-order valence-electron chi connectivity index (χ4n) is 1.66. The van der Waals surface area contributed by atoms with Crippen LogP contribution in [-0.2, 0) is 0 Å². The SMILES string of the molecule is CCCCOc1ccc2cc(C(N)=S)[nH]c2c1. The lowest BCUT2D eigenvalue weighted by atomic mass is 10.2. The summed E-state index contributed by atoms with van der Waals surface area (Å²) in [5, 5.41) is 1.09. The molecule has 0 amide bonds. The summed E-state index contributed by atoms with van der Waals surface area (Å²) in [6, 6.07) is 7.91. The first-order valence-corrected chi connectivity index (χ1v) is 6.17. The highest BCUT2D eigenvalue weighted by atomic mass is 32.1. The van der Waals surface area contributed by atoms with Crippen LogP contribution in [0.1, 0.15) is 25.5 Å². The molecule has 2 rings (SSSR count). The van der Waals surface area contributed by atoms with Crippen LogP contribution < -0.4 is 10.5 Å². The minimum absolute atomic E-state index is 0.384. The fourth-order valence-corrected chi connectivity index (χ4v) is 1.77. The molecule has 17 heavy (non-hydrogen) atoms. The summed E-state index contributed by atoms with van der Waals surface area (Å²) < 4.78 is 5.64. The normalized spacial score (nSPS) is 10.6. The molecule has 0 saturated carbocycles. The van der Waals surface area contributed by atoms with Gasteiger partial charge in [-0.15, -0.1) is 0 Å². The van der Waals surface area contributed by atoms with E-state index < -0.39 is 0 Å². The van der Waals surface area contributed by atoms with Crippen molar-refractivity contribution in [3.63, 3.8) is 0 Å². The lowest BCUT2D eigenvalue weighted by Crippen LogP contribution is -2.09. The van der Waals surface area contributed by atoms with Crippen molar-refractivity contribution in [2.24, 2.45) is 5.73 Å². The second kappa shape index (κ2) is 5.19. The number of nitrogens with one attached hydrogen (secondary N) is 1. The lowest BCUT2D eigenvalue weighted by molar-refractivity contribution is 0.310. The van der Waals surface area contributed by atoms with E-state index in [9.17, 15) is 0 Å². The van der Waals surface area contributed by atoms with Gasteiger partial charge in [0.15, 0.2) is 0 Å². The number of rotatable bonds is 5. The molecular weight excluding hydrogens is 232 g/mol. The average Bonchev–Trinajstić information content (AvgIpc) is 2.72. The molecular formula is C13H16N2OS. The van der Waals surface area contributed by atoms with Crippen LogP contribution in [0.2, 0.25) is 0 Å². The van der Waals surface area contributed by atoms with Crippen molar-refractivity contribution >= 4 is 28.1 Å². The smallest absolute Gasteiger partial charge is 0.121 e. The zero-order valence-corrected chi connectivity index (χ0v) is 10.6. The molecule has 0 bridgehead atoms. The highest BCUT2D eigenvalue weighted by Gasteiger charge is 2.04. The average molecular weight is 248 g/mol. The van der Waals surface area contributed by atoms with Gasteiger partial charge in [-0.3, -0.25) is 0 Å². The molecule has 0 spiro atoms. The third-order valence-corrected chi connectivity index (χ3v) is 2.85. The molecule has 0 aliphatic heterocycles. The summed E-state index contributed by atoms with van der Waals surface area (Å²) in [6.07, 6.45) is 2.21. The Labute approximate surface area is 106 Å². The Morgan fingerprint density at radius 1 is 1.41 bits per heavy atom. The highest BCUT2D eigenvalue weighted by Crippen LogP contribution is 2.21. The maximum absolute atomic E-state index is 5.64. The number of H-pyrrole nitrogens is 1. The van der Waals surface area contributed by atoms with Crippen molar-refractivity contribution in [1.82, 2.24) is 4.98 Å². The van der Waals surface area contributed by atoms with Gasteiger partial charge in [0.2, 0.25) is 0 Å². The van der Waals surface area contributed by atoms with Gasteiger partial charge in [-0.2, -0.15) is 0 Å². The van der Waals surface area contributed by atoms with E-state index in [1.54, 1.807) is 0 Å². The van der Waals surface area contributed by atoms with E-state index in [1.165, 1.54) is 0 Å². The van der Waals surface area contributed by atoms with Gasteiger partial charge in [-0.25, -0.2) is 0 Å². The zero-order chi connectivity index (χ0) is 12.3. The summed E-state index contributed by atoms with van der Waals surface area (Å²) in [7, 11) is 0. The standard InChI is InChI=1S/C13H16N2OS/c1-2-3-6-16-10-5-4-9-7-12(13(14)17)15-11(9)8-10/h4-5,7-8,15H,2-3,6H2,1H3,(H2,14,17). The van der Waals surface area contributed by atoms with Gasteiger partial charge in [0.1, 0.15) is 10.7 Å². The Bertz CT molecular complexity index is 533. The number of benzene rings is 1. The van der Waals surface area contributed by atoms with Gasteiger partial charge in [0.05, 0.1) is 12.3 Å². The van der Waals surface area contributed by atoms with Gasteiger partial charge < -0.3 is 15.5 Å². The topological polar surface area (TPSA) is 51.0 Å². The van der Waals surface area contributed by atoms with Gasteiger partial charge in [0, 0.05) is 17.0 Å². The van der Waals surface area contributed by atoms with Crippen molar-refractivity contribution in [2.45, 2.75) is 19.8 Å². The Morgan fingerprint density at radius 2 is 2.24 bits per heavy atom. The number of hydrogen-bond donors (Lipinski definition) is 2. The molecule has 4 heteroatoms. The first kappa shape index (κ1) is 11.9. The summed E-state index contributed by atoms with van der Waals surface area (Å²) in [6.45, 7) is 2.90. The predicted octanol–water partition coefficient (Wildman–Crippen LogP) is 2.98. The van der Waals surface area contributed by atoms with E-state index in [2.05, 4.69) is 11.9 Å². The molecule has 90 valence electrons. The number of nitrogens with two attached hydrogens (primary N) is 1. The minimum atomic E-state index is 0.384. The molecule has 0 radical (unpaired) electrons. The van der Waals surface area contributed by atoms with E-state index in [0.717, 1.165) is 41.8 Å². The molecule has 0 unspecified atom stereocenters. The third kappa shape index (κ3) is 2.77. The molecule has 1 heterocycles. The monoisotopic (exact) mass is 248 g/mol. The number of aromatic nitrogens is 1. The van der Waals surface area contributed by atoms with Crippen LogP contribution in [0.3, 0.4) is 0 Å². The molecule has 0 fully saturated rings. The Morgan fingerprint density at radius 3 is 2.94 bits per heavy atom. The van der Waals surface area contributed by atoms with Crippen LogP contribution in [0, 0.1) is 0 Å². The second-order valence-corrected chi connectivity index (χ2v) is 4.44. The molecule has 0 saturated heterocycles. The van der Waals surface area contributed by atoms with Crippen LogP contribution in [0.15, 0.2) is 24.3 Å². The van der Waals surface area contributed by atoms with E-state index >= 15 is 0 Å². The molecule has 0 aliphatic rings. The van der Waals surface area contributed by atoms with Crippen LogP contribution in [0.5, 0.6) is 5.75 Å². The Balaban J connectivity index is 2.21. The molecule has 0 aliphatic carbocycles. The molecule has 3 nitrogen and oxygen atoms in total. The quantitative estimate of drug-likeness (QED) is 0.632. The summed E-state index contributed by atoms with van der Waals surface area (Å²) in [4.78, 5) is 3.56. The molecule has 2 aromatic rings. The number of hydrogen-bond acceptors (Lipinski definition) is 2. The van der Waals surface area contributed by atoms with Crippen molar-refractivity contribution < 1.29 is 4.74 Å². The zero-order valence-electron chi connectivity index (χ0n) is 9.82. The highest BCUT2D eigenvalue weighted by molar-refractivity contribution is 7.80. The van der Waals surface area contributed by atoms with Crippen LogP contribution in [0.4, 0.5) is 0 Å². The minimum Gasteiger partial charge on any atom is -0.494 e. The van der Waals surface area contributed by atoms with Gasteiger partial charge in [-0.05, 0) is 24.6 Å². The van der Waals surface area contributed by atoms with Gasteiger partial charge in [-0.1, -0.05) is 25.6 Å². The largest absolute Gasteiger partial charge is 0.494 e. The van der Waals surface area contributed by atoms with Crippen LogP contribution in [0.25, 0.3) is 10.9 Å². The predicted molar refractivity (Wildman–Crippen MR) is 74.6 cm³/mol. The molecule has 3 N–H and O–H groups in total. The van der Waals surface area contributed by atoms with E-state index in [1.807, 2.05) is 24.3 Å². The summed E-state index contributed by atoms with van der Waals surface area (Å²) in [5.41, 5.74) is 7.38. The maximum Gasteiger partial charge on any atom is 0.121 e. The number of fused-ring (bicyclic) bond motifs is 1. The Hall–Kier alpha value is -1.55.